The van der Waals surface area contributed by atoms with E-state index < -0.39 is 0 Å². The van der Waals surface area contributed by atoms with Crippen molar-refractivity contribution in [2.24, 2.45) is 5.73 Å². The van der Waals surface area contributed by atoms with Crippen molar-refractivity contribution in [3.63, 3.8) is 0 Å². The van der Waals surface area contributed by atoms with E-state index in [1.54, 1.807) is 11.3 Å². The summed E-state index contributed by atoms with van der Waals surface area (Å²) in [7, 11) is 0. The van der Waals surface area contributed by atoms with Crippen LogP contribution in [0.4, 0.5) is 0 Å². The minimum absolute atomic E-state index is 0.736. The van der Waals surface area contributed by atoms with Gasteiger partial charge in [-0.2, -0.15) is 0 Å². The van der Waals surface area contributed by atoms with E-state index in [2.05, 4.69) is 39.2 Å². The Kier molecular flexibility index (Phi) is 4.94. The number of thiophene rings is 1. The molecule has 0 atom stereocenters. The second kappa shape index (κ2) is 5.75. The number of halogens is 1. The largest absolute Gasteiger partial charge is 0.329 e. The maximum Gasteiger partial charge on any atom is 0.0328 e. The average molecular weight is 263 g/mol. The first-order chi connectivity index (χ1) is 6.26. The Morgan fingerprint density at radius 1 is 1.62 bits per heavy atom. The normalized spacial score (nSPS) is 11.1. The fraction of sp³-hybridized carbons (Fsp3) is 0.556. The van der Waals surface area contributed by atoms with Gasteiger partial charge in [0.1, 0.15) is 0 Å². The van der Waals surface area contributed by atoms with Crippen molar-refractivity contribution >= 4 is 27.3 Å². The second-order valence-electron chi connectivity index (χ2n) is 2.89. The van der Waals surface area contributed by atoms with E-state index in [4.69, 9.17) is 5.73 Å². The lowest BCUT2D eigenvalue weighted by atomic mass is 10.4. The van der Waals surface area contributed by atoms with Crippen LogP contribution in [0.25, 0.3) is 0 Å². The summed E-state index contributed by atoms with van der Waals surface area (Å²) in [5.74, 6) is 0. The number of hydrogen-bond acceptors (Lipinski definition) is 3. The van der Waals surface area contributed by atoms with Crippen molar-refractivity contribution in [1.82, 2.24) is 4.90 Å². The fourth-order valence-electron chi connectivity index (χ4n) is 1.19. The number of nitrogens with zero attached hydrogens (tertiary/aromatic N) is 1. The summed E-state index contributed by atoms with van der Waals surface area (Å²) in [5.41, 5.74) is 5.52. The standard InChI is InChI=1S/C9H15BrN2S/c1-2-12(4-3-11)6-9-5-8(10)7-13-9/h5,7H,2-4,6,11H2,1H3. The third-order valence-corrected chi connectivity index (χ3v) is 3.58. The second-order valence-corrected chi connectivity index (χ2v) is 4.80. The first kappa shape index (κ1) is 11.2. The highest BCUT2D eigenvalue weighted by Gasteiger charge is 2.04. The first-order valence-electron chi connectivity index (χ1n) is 4.41. The molecule has 2 nitrogen and oxygen atoms in total. The minimum atomic E-state index is 0.736. The van der Waals surface area contributed by atoms with Gasteiger partial charge >= 0.3 is 0 Å². The summed E-state index contributed by atoms with van der Waals surface area (Å²) < 4.78 is 1.18. The van der Waals surface area contributed by atoms with Crippen LogP contribution in [-0.2, 0) is 6.54 Å². The van der Waals surface area contributed by atoms with E-state index in [1.165, 1.54) is 9.35 Å². The molecular weight excluding hydrogens is 248 g/mol. The minimum Gasteiger partial charge on any atom is -0.329 e. The van der Waals surface area contributed by atoms with Gasteiger partial charge < -0.3 is 5.73 Å². The SMILES string of the molecule is CCN(CCN)Cc1cc(Br)cs1. The van der Waals surface area contributed by atoms with Crippen LogP contribution in [0.1, 0.15) is 11.8 Å². The molecule has 0 aliphatic rings. The van der Waals surface area contributed by atoms with Crippen molar-refractivity contribution in [3.05, 3.63) is 20.8 Å². The molecule has 1 aromatic rings. The molecule has 13 heavy (non-hydrogen) atoms. The zero-order valence-electron chi connectivity index (χ0n) is 7.79. The predicted octanol–water partition coefficient (Wildman–Crippen LogP) is 2.29. The highest BCUT2D eigenvalue weighted by atomic mass is 79.9. The molecule has 0 radical (unpaired) electrons. The van der Waals surface area contributed by atoms with Gasteiger partial charge in [-0.1, -0.05) is 6.92 Å². The molecule has 0 aromatic carbocycles. The summed E-state index contributed by atoms with van der Waals surface area (Å²) in [6, 6.07) is 2.17. The fourth-order valence-corrected chi connectivity index (χ4v) is 2.68. The maximum atomic E-state index is 5.52. The quantitative estimate of drug-likeness (QED) is 0.883. The van der Waals surface area contributed by atoms with Gasteiger partial charge in [-0.05, 0) is 28.5 Å². The predicted molar refractivity (Wildman–Crippen MR) is 62.0 cm³/mol. The Hall–Kier alpha value is 0.1000. The molecule has 0 saturated heterocycles. The van der Waals surface area contributed by atoms with Crippen LogP contribution in [-0.4, -0.2) is 24.5 Å². The number of likely N-dealkylation sites (N-methyl/N-ethyl adjacent to an activating group) is 1. The Morgan fingerprint density at radius 2 is 2.38 bits per heavy atom. The summed E-state index contributed by atoms with van der Waals surface area (Å²) >= 11 is 5.24. The molecule has 1 aromatic heterocycles. The van der Waals surface area contributed by atoms with Crippen molar-refractivity contribution in [3.8, 4) is 0 Å². The molecule has 0 bridgehead atoms. The van der Waals surface area contributed by atoms with Crippen molar-refractivity contribution in [2.45, 2.75) is 13.5 Å². The Balaban J connectivity index is 2.46. The van der Waals surface area contributed by atoms with Crippen LogP contribution in [0, 0.1) is 0 Å². The molecule has 1 rings (SSSR count). The third kappa shape index (κ3) is 3.77. The molecule has 74 valence electrons. The zero-order valence-corrected chi connectivity index (χ0v) is 10.2. The molecular formula is C9H15BrN2S. The van der Waals surface area contributed by atoms with Crippen LogP contribution in [0.3, 0.4) is 0 Å². The zero-order chi connectivity index (χ0) is 9.68. The van der Waals surface area contributed by atoms with Crippen molar-refractivity contribution in [2.75, 3.05) is 19.6 Å². The molecule has 0 saturated carbocycles. The molecule has 0 fully saturated rings. The van der Waals surface area contributed by atoms with Crippen LogP contribution < -0.4 is 5.73 Å². The highest BCUT2D eigenvalue weighted by molar-refractivity contribution is 9.10. The molecule has 4 heteroatoms. The van der Waals surface area contributed by atoms with Gasteiger partial charge in [-0.3, -0.25) is 4.90 Å². The monoisotopic (exact) mass is 262 g/mol. The lowest BCUT2D eigenvalue weighted by Crippen LogP contribution is -2.28. The van der Waals surface area contributed by atoms with Gasteiger partial charge in [0.05, 0.1) is 0 Å². The van der Waals surface area contributed by atoms with Crippen LogP contribution in [0.2, 0.25) is 0 Å². The summed E-state index contributed by atoms with van der Waals surface area (Å²) in [6.07, 6.45) is 0. The lowest BCUT2D eigenvalue weighted by Gasteiger charge is -2.17. The number of nitrogens with two attached hydrogens (primary N) is 1. The van der Waals surface area contributed by atoms with E-state index in [-0.39, 0.29) is 0 Å². The molecule has 1 heterocycles. The lowest BCUT2D eigenvalue weighted by molar-refractivity contribution is 0.290. The Bertz CT molecular complexity index is 250. The van der Waals surface area contributed by atoms with Gasteiger partial charge in [0.25, 0.3) is 0 Å². The maximum absolute atomic E-state index is 5.52. The highest BCUT2D eigenvalue weighted by Crippen LogP contribution is 2.20. The van der Waals surface area contributed by atoms with E-state index in [0.717, 1.165) is 26.2 Å². The molecule has 0 unspecified atom stereocenters. The smallest absolute Gasteiger partial charge is 0.0328 e. The summed E-state index contributed by atoms with van der Waals surface area (Å²) in [4.78, 5) is 3.74. The first-order valence-corrected chi connectivity index (χ1v) is 6.09. The molecule has 2 N–H and O–H groups in total. The molecule has 0 spiro atoms. The molecule has 0 aliphatic carbocycles. The summed E-state index contributed by atoms with van der Waals surface area (Å²) in [5, 5.41) is 2.12. The van der Waals surface area contributed by atoms with Gasteiger partial charge in [0.2, 0.25) is 0 Å². The van der Waals surface area contributed by atoms with Gasteiger partial charge in [-0.25, -0.2) is 0 Å². The van der Waals surface area contributed by atoms with E-state index in [0.29, 0.717) is 0 Å². The van der Waals surface area contributed by atoms with E-state index in [1.807, 2.05) is 0 Å². The third-order valence-electron chi connectivity index (χ3n) is 1.89. The molecule has 0 amide bonds. The molecule has 0 aliphatic heterocycles. The van der Waals surface area contributed by atoms with Gasteiger partial charge in [-0.15, -0.1) is 11.3 Å². The van der Waals surface area contributed by atoms with Crippen molar-refractivity contribution < 1.29 is 0 Å². The number of rotatable bonds is 5. The van der Waals surface area contributed by atoms with Crippen LogP contribution in [0.5, 0.6) is 0 Å². The van der Waals surface area contributed by atoms with Crippen LogP contribution in [0.15, 0.2) is 15.9 Å². The Morgan fingerprint density at radius 3 is 2.85 bits per heavy atom. The van der Waals surface area contributed by atoms with Gasteiger partial charge in [0.15, 0.2) is 0 Å². The number of hydrogen-bond donors (Lipinski definition) is 1. The van der Waals surface area contributed by atoms with E-state index >= 15 is 0 Å². The Labute approximate surface area is 91.9 Å². The van der Waals surface area contributed by atoms with Crippen LogP contribution >= 0.6 is 27.3 Å². The van der Waals surface area contributed by atoms with E-state index in [9.17, 15) is 0 Å². The topological polar surface area (TPSA) is 29.3 Å². The van der Waals surface area contributed by atoms with Crippen molar-refractivity contribution in [1.29, 1.82) is 0 Å². The average Bonchev–Trinajstić information content (AvgIpc) is 2.50. The summed E-state index contributed by atoms with van der Waals surface area (Å²) in [6.45, 7) is 5.96. The van der Waals surface area contributed by atoms with Gasteiger partial charge in [0, 0.05) is 34.4 Å².